The summed E-state index contributed by atoms with van der Waals surface area (Å²) in [5.41, 5.74) is -0.869. The van der Waals surface area contributed by atoms with E-state index in [1.807, 2.05) is 0 Å². The Labute approximate surface area is 122 Å². The number of benzene rings is 1. The minimum absolute atomic E-state index is 0.0726. The highest BCUT2D eigenvalue weighted by Gasteiger charge is 2.34. The first-order chi connectivity index (χ1) is 9.45. The molecule has 1 unspecified atom stereocenters. The number of rotatable bonds is 4. The van der Waals surface area contributed by atoms with E-state index in [4.69, 9.17) is 0 Å². The molecular weight excluding hydrogens is 332 g/mol. The molecule has 1 fully saturated rings. The van der Waals surface area contributed by atoms with Crippen LogP contribution in [0.1, 0.15) is 16.8 Å². The van der Waals surface area contributed by atoms with Crippen molar-refractivity contribution in [1.29, 1.82) is 0 Å². The minimum Gasteiger partial charge on any atom is -0.477 e. The number of carboxylic acid groups (broad SMARTS) is 1. The van der Waals surface area contributed by atoms with E-state index < -0.39 is 22.1 Å². The van der Waals surface area contributed by atoms with Gasteiger partial charge >= 0.3 is 5.97 Å². The summed E-state index contributed by atoms with van der Waals surface area (Å²) in [5.74, 6) is -1.57. The predicted molar refractivity (Wildman–Crippen MR) is 74.3 cm³/mol. The Morgan fingerprint density at radius 1 is 1.55 bits per heavy atom. The highest BCUT2D eigenvalue weighted by Crippen LogP contribution is 2.33. The molecule has 1 heterocycles. The lowest BCUT2D eigenvalue weighted by molar-refractivity contribution is -0.385. The van der Waals surface area contributed by atoms with Crippen LogP contribution in [0.25, 0.3) is 0 Å². The molecule has 106 valence electrons. The molecule has 0 bridgehead atoms. The standard InChI is InChI=1S/C12H11BrN2O5/c13-5-7-4-10(16)14(6-7)8-2-1-3-9(15(19)20)11(8)12(17)18/h1-3,7H,4-6H2,(H,17,18). The Hall–Kier alpha value is -1.96. The van der Waals surface area contributed by atoms with E-state index in [1.165, 1.54) is 17.0 Å². The molecule has 0 radical (unpaired) electrons. The van der Waals surface area contributed by atoms with Gasteiger partial charge in [0.2, 0.25) is 5.91 Å². The van der Waals surface area contributed by atoms with Crippen LogP contribution in [-0.2, 0) is 4.79 Å². The van der Waals surface area contributed by atoms with Crippen LogP contribution in [0, 0.1) is 16.0 Å². The summed E-state index contributed by atoms with van der Waals surface area (Å²) in [6, 6.07) is 3.93. The van der Waals surface area contributed by atoms with Gasteiger partial charge in [0.25, 0.3) is 5.69 Å². The van der Waals surface area contributed by atoms with Crippen molar-refractivity contribution in [2.24, 2.45) is 5.92 Å². The van der Waals surface area contributed by atoms with E-state index in [2.05, 4.69) is 15.9 Å². The summed E-state index contributed by atoms with van der Waals surface area (Å²) in [7, 11) is 0. The van der Waals surface area contributed by atoms with Gasteiger partial charge in [0.15, 0.2) is 5.56 Å². The zero-order valence-electron chi connectivity index (χ0n) is 10.3. The van der Waals surface area contributed by atoms with E-state index in [1.54, 1.807) is 0 Å². The van der Waals surface area contributed by atoms with Crippen molar-refractivity contribution in [2.45, 2.75) is 6.42 Å². The SMILES string of the molecule is O=C(O)c1c(N2CC(CBr)CC2=O)cccc1[N+](=O)[O-]. The van der Waals surface area contributed by atoms with E-state index in [0.29, 0.717) is 18.3 Å². The Balaban J connectivity index is 2.52. The molecule has 1 aliphatic rings. The largest absolute Gasteiger partial charge is 0.477 e. The zero-order valence-corrected chi connectivity index (χ0v) is 11.9. The fraction of sp³-hybridized carbons (Fsp3) is 0.333. The number of nitrogens with zero attached hydrogens (tertiary/aromatic N) is 2. The van der Waals surface area contributed by atoms with Crippen LogP contribution in [0.5, 0.6) is 0 Å². The normalized spacial score (nSPS) is 18.4. The molecule has 0 aromatic heterocycles. The second kappa shape index (κ2) is 5.58. The molecule has 8 heteroatoms. The third-order valence-electron chi connectivity index (χ3n) is 3.15. The first kappa shape index (κ1) is 14.4. The molecule has 1 aliphatic heterocycles. The van der Waals surface area contributed by atoms with E-state index in [0.717, 1.165) is 6.07 Å². The van der Waals surface area contributed by atoms with Gasteiger partial charge in [-0.2, -0.15) is 0 Å². The average Bonchev–Trinajstić information content (AvgIpc) is 2.78. The number of hydrogen-bond donors (Lipinski definition) is 1. The van der Waals surface area contributed by atoms with Crippen LogP contribution in [0.3, 0.4) is 0 Å². The molecule has 0 aliphatic carbocycles. The number of carbonyl (C=O) groups excluding carboxylic acids is 1. The van der Waals surface area contributed by atoms with Crippen LogP contribution in [0.4, 0.5) is 11.4 Å². The van der Waals surface area contributed by atoms with E-state index in [-0.39, 0.29) is 17.5 Å². The van der Waals surface area contributed by atoms with Crippen molar-refractivity contribution in [3.8, 4) is 0 Å². The molecule has 1 amide bonds. The first-order valence-electron chi connectivity index (χ1n) is 5.82. The Kier molecular flexibility index (Phi) is 4.03. The Morgan fingerprint density at radius 3 is 2.75 bits per heavy atom. The monoisotopic (exact) mass is 342 g/mol. The van der Waals surface area contributed by atoms with Crippen molar-refractivity contribution in [2.75, 3.05) is 16.8 Å². The number of carbonyl (C=O) groups is 2. The van der Waals surface area contributed by atoms with Crippen molar-refractivity contribution in [3.05, 3.63) is 33.9 Å². The van der Waals surface area contributed by atoms with Gasteiger partial charge in [-0.25, -0.2) is 4.79 Å². The molecule has 1 aromatic rings. The highest BCUT2D eigenvalue weighted by molar-refractivity contribution is 9.09. The molecular formula is C12H11BrN2O5. The maximum atomic E-state index is 11.9. The van der Waals surface area contributed by atoms with Gasteiger partial charge in [0.05, 0.1) is 10.6 Å². The molecule has 1 N–H and O–H groups in total. The lowest BCUT2D eigenvalue weighted by atomic mass is 10.1. The minimum atomic E-state index is -1.41. The van der Waals surface area contributed by atoms with Crippen molar-refractivity contribution in [1.82, 2.24) is 0 Å². The van der Waals surface area contributed by atoms with Crippen LogP contribution in [-0.4, -0.2) is 33.8 Å². The molecule has 7 nitrogen and oxygen atoms in total. The second-order valence-corrected chi connectivity index (χ2v) is 5.11. The number of carboxylic acids is 1. The smallest absolute Gasteiger partial charge is 0.344 e. The number of halogens is 1. The summed E-state index contributed by atoms with van der Waals surface area (Å²) in [4.78, 5) is 34.7. The van der Waals surface area contributed by atoms with Gasteiger partial charge in [-0.05, 0) is 12.0 Å². The van der Waals surface area contributed by atoms with Crippen molar-refractivity contribution >= 4 is 39.2 Å². The predicted octanol–water partition coefficient (Wildman–Crippen LogP) is 2.04. The summed E-state index contributed by atoms with van der Waals surface area (Å²) in [6.07, 6.45) is 0.299. The third kappa shape index (κ3) is 2.51. The van der Waals surface area contributed by atoms with E-state index in [9.17, 15) is 24.8 Å². The summed E-state index contributed by atoms with van der Waals surface area (Å²) in [5, 5.41) is 20.8. The zero-order chi connectivity index (χ0) is 14.9. The number of nitro benzene ring substituents is 1. The highest BCUT2D eigenvalue weighted by atomic mass is 79.9. The molecule has 0 spiro atoms. The first-order valence-corrected chi connectivity index (χ1v) is 6.95. The number of hydrogen-bond acceptors (Lipinski definition) is 4. The van der Waals surface area contributed by atoms with Crippen molar-refractivity contribution < 1.29 is 19.6 Å². The summed E-state index contributed by atoms with van der Waals surface area (Å²) >= 11 is 3.29. The van der Waals surface area contributed by atoms with Crippen LogP contribution >= 0.6 is 15.9 Å². The van der Waals surface area contributed by atoms with Gasteiger partial charge < -0.3 is 10.0 Å². The second-order valence-electron chi connectivity index (χ2n) is 4.46. The van der Waals surface area contributed by atoms with Gasteiger partial charge in [-0.15, -0.1) is 0 Å². The lowest BCUT2D eigenvalue weighted by Gasteiger charge is -2.18. The topological polar surface area (TPSA) is 101 Å². The number of anilines is 1. The molecule has 1 saturated heterocycles. The quantitative estimate of drug-likeness (QED) is 0.512. The molecule has 2 rings (SSSR count). The average molecular weight is 343 g/mol. The maximum absolute atomic E-state index is 11.9. The van der Waals surface area contributed by atoms with Crippen LogP contribution in [0.15, 0.2) is 18.2 Å². The summed E-state index contributed by atoms with van der Waals surface area (Å²) < 4.78 is 0. The Morgan fingerprint density at radius 2 is 2.25 bits per heavy atom. The number of alkyl halides is 1. The fourth-order valence-electron chi connectivity index (χ4n) is 2.24. The Bertz CT molecular complexity index is 589. The van der Waals surface area contributed by atoms with Crippen LogP contribution in [0.2, 0.25) is 0 Å². The molecule has 0 saturated carbocycles. The third-order valence-corrected chi connectivity index (χ3v) is 4.06. The van der Waals surface area contributed by atoms with Gasteiger partial charge in [-0.3, -0.25) is 14.9 Å². The van der Waals surface area contributed by atoms with Crippen molar-refractivity contribution in [3.63, 3.8) is 0 Å². The number of amides is 1. The number of aromatic carboxylic acids is 1. The maximum Gasteiger partial charge on any atom is 0.344 e. The fourth-order valence-corrected chi connectivity index (χ4v) is 2.68. The van der Waals surface area contributed by atoms with Gasteiger partial charge in [0.1, 0.15) is 0 Å². The molecule has 1 aromatic carbocycles. The number of nitro groups is 1. The lowest BCUT2D eigenvalue weighted by Crippen LogP contribution is -2.27. The summed E-state index contributed by atoms with van der Waals surface area (Å²) in [6.45, 7) is 0.353. The van der Waals surface area contributed by atoms with E-state index >= 15 is 0 Å². The van der Waals surface area contributed by atoms with Gasteiger partial charge in [0, 0.05) is 24.4 Å². The van der Waals surface area contributed by atoms with Gasteiger partial charge in [-0.1, -0.05) is 22.0 Å². The molecule has 1 atom stereocenters. The van der Waals surface area contributed by atoms with Crippen LogP contribution < -0.4 is 4.90 Å². The molecule has 20 heavy (non-hydrogen) atoms.